The van der Waals surface area contributed by atoms with Crippen LogP contribution in [0.25, 0.3) is 0 Å². The number of hydrogen-bond acceptors (Lipinski definition) is 6. The molecule has 0 unspecified atom stereocenters. The number of unbranched alkanes of at least 4 members (excludes halogenated alkanes) is 1. The van der Waals surface area contributed by atoms with E-state index >= 15 is 0 Å². The number of nitrogens with zero attached hydrogens (tertiary/aromatic N) is 1. The van der Waals surface area contributed by atoms with Crippen molar-refractivity contribution < 1.29 is 14.4 Å². The summed E-state index contributed by atoms with van der Waals surface area (Å²) in [5.41, 5.74) is 11.9. The zero-order valence-electron chi connectivity index (χ0n) is 11.8. The Hall–Kier alpha value is -1.86. The van der Waals surface area contributed by atoms with E-state index in [9.17, 15) is 10.1 Å². The first kappa shape index (κ1) is 16.2. The van der Waals surface area contributed by atoms with Crippen molar-refractivity contribution in [1.29, 1.82) is 0 Å². The number of hydrogen-bond donors (Lipinski definition) is 2. The number of ether oxygens (including phenoxy) is 2. The topological polar surface area (TPSA) is 114 Å². The maximum atomic E-state index is 11.2. The summed E-state index contributed by atoms with van der Waals surface area (Å²) in [5.74, 6) is 0.750. The van der Waals surface area contributed by atoms with Crippen molar-refractivity contribution >= 4 is 5.69 Å². The molecule has 0 saturated heterocycles. The van der Waals surface area contributed by atoms with E-state index in [0.717, 1.165) is 12.8 Å². The molecule has 0 radical (unpaired) electrons. The van der Waals surface area contributed by atoms with E-state index in [2.05, 4.69) is 0 Å². The van der Waals surface area contributed by atoms with Crippen molar-refractivity contribution in [3.8, 4) is 11.5 Å². The van der Waals surface area contributed by atoms with E-state index in [1.54, 1.807) is 6.07 Å². The molecule has 20 heavy (non-hydrogen) atoms. The van der Waals surface area contributed by atoms with Gasteiger partial charge < -0.3 is 20.9 Å². The van der Waals surface area contributed by atoms with Crippen LogP contribution in [-0.4, -0.2) is 25.7 Å². The molecule has 0 fully saturated rings. The van der Waals surface area contributed by atoms with Crippen LogP contribution in [0.4, 0.5) is 5.69 Å². The second kappa shape index (κ2) is 7.66. The van der Waals surface area contributed by atoms with Crippen LogP contribution in [0.2, 0.25) is 0 Å². The minimum atomic E-state index is -0.458. The van der Waals surface area contributed by atoms with Crippen molar-refractivity contribution in [2.45, 2.75) is 25.3 Å². The number of benzene rings is 1. The second-order valence-corrected chi connectivity index (χ2v) is 4.41. The van der Waals surface area contributed by atoms with Gasteiger partial charge in [0.1, 0.15) is 0 Å². The highest BCUT2D eigenvalue weighted by Gasteiger charge is 2.23. The van der Waals surface area contributed by atoms with Crippen LogP contribution in [-0.2, 0) is 0 Å². The summed E-state index contributed by atoms with van der Waals surface area (Å²) in [6.45, 7) is 0.584. The van der Waals surface area contributed by atoms with Crippen molar-refractivity contribution in [1.82, 2.24) is 0 Å². The Kier molecular flexibility index (Phi) is 6.20. The Bertz CT molecular complexity index is 465. The van der Waals surface area contributed by atoms with Crippen LogP contribution in [0.1, 0.15) is 30.9 Å². The summed E-state index contributed by atoms with van der Waals surface area (Å²) < 4.78 is 10.2. The van der Waals surface area contributed by atoms with Crippen LogP contribution in [0.5, 0.6) is 11.5 Å². The van der Waals surface area contributed by atoms with Gasteiger partial charge in [-0.25, -0.2) is 0 Å². The zero-order chi connectivity index (χ0) is 15.1. The van der Waals surface area contributed by atoms with Crippen LogP contribution < -0.4 is 20.9 Å². The highest BCUT2D eigenvalue weighted by molar-refractivity contribution is 5.55. The average molecular weight is 283 g/mol. The number of rotatable bonds is 8. The third kappa shape index (κ3) is 3.82. The lowest BCUT2D eigenvalue weighted by molar-refractivity contribution is -0.385. The molecule has 0 aliphatic carbocycles. The first-order valence-electron chi connectivity index (χ1n) is 6.41. The molecule has 7 nitrogen and oxygen atoms in total. The van der Waals surface area contributed by atoms with Gasteiger partial charge in [0.25, 0.3) is 5.69 Å². The second-order valence-electron chi connectivity index (χ2n) is 4.41. The SMILES string of the molecule is COc1cc([C@H](N)CCCCN)c([N+](=O)[O-])cc1OC. The van der Waals surface area contributed by atoms with E-state index in [4.69, 9.17) is 20.9 Å². The summed E-state index contributed by atoms with van der Waals surface area (Å²) in [5, 5.41) is 11.2. The van der Waals surface area contributed by atoms with Crippen molar-refractivity contribution in [3.05, 3.63) is 27.8 Å². The van der Waals surface area contributed by atoms with Crippen LogP contribution >= 0.6 is 0 Å². The number of nitro benzene ring substituents is 1. The molecule has 0 amide bonds. The van der Waals surface area contributed by atoms with Gasteiger partial charge in [-0.2, -0.15) is 0 Å². The zero-order valence-corrected chi connectivity index (χ0v) is 11.8. The van der Waals surface area contributed by atoms with E-state index in [-0.39, 0.29) is 5.69 Å². The molecule has 1 aromatic carbocycles. The summed E-state index contributed by atoms with van der Waals surface area (Å²) in [4.78, 5) is 10.7. The first-order valence-corrected chi connectivity index (χ1v) is 6.41. The fourth-order valence-corrected chi connectivity index (χ4v) is 2.00. The van der Waals surface area contributed by atoms with Gasteiger partial charge in [-0.1, -0.05) is 6.42 Å². The molecule has 0 heterocycles. The molecule has 7 heteroatoms. The van der Waals surface area contributed by atoms with Gasteiger partial charge in [0.15, 0.2) is 11.5 Å². The summed E-state index contributed by atoms with van der Waals surface area (Å²) >= 11 is 0. The minimum Gasteiger partial charge on any atom is -0.493 e. The Labute approximate surface area is 118 Å². The normalized spacial score (nSPS) is 12.0. The van der Waals surface area contributed by atoms with Crippen molar-refractivity contribution in [3.63, 3.8) is 0 Å². The van der Waals surface area contributed by atoms with Gasteiger partial charge in [0, 0.05) is 6.04 Å². The summed E-state index contributed by atoms with van der Waals surface area (Å²) in [7, 11) is 2.91. The van der Waals surface area contributed by atoms with Gasteiger partial charge >= 0.3 is 0 Å². The van der Waals surface area contributed by atoms with Crippen molar-refractivity contribution in [2.75, 3.05) is 20.8 Å². The Morgan fingerprint density at radius 1 is 1.25 bits per heavy atom. The number of nitrogens with two attached hydrogens (primary N) is 2. The maximum absolute atomic E-state index is 11.2. The Balaban J connectivity index is 3.11. The van der Waals surface area contributed by atoms with E-state index in [0.29, 0.717) is 30.0 Å². The largest absolute Gasteiger partial charge is 0.493 e. The standard InChI is InChI=1S/C13H21N3O4/c1-19-12-7-9(10(15)5-3-4-6-14)11(16(17)18)8-13(12)20-2/h7-8,10H,3-6,14-15H2,1-2H3/t10-/m1/s1. The van der Waals surface area contributed by atoms with Crippen LogP contribution in [0.15, 0.2) is 12.1 Å². The minimum absolute atomic E-state index is 0.0529. The average Bonchev–Trinajstić information content (AvgIpc) is 2.45. The molecule has 1 atom stereocenters. The molecule has 0 aliphatic heterocycles. The van der Waals surface area contributed by atoms with Crippen LogP contribution in [0.3, 0.4) is 0 Å². The quantitative estimate of drug-likeness (QED) is 0.427. The molecule has 0 aliphatic rings. The monoisotopic (exact) mass is 283 g/mol. The van der Waals surface area contributed by atoms with Gasteiger partial charge in [-0.3, -0.25) is 10.1 Å². The van der Waals surface area contributed by atoms with Crippen LogP contribution in [0, 0.1) is 10.1 Å². The smallest absolute Gasteiger partial charge is 0.278 e. The van der Waals surface area contributed by atoms with Crippen molar-refractivity contribution in [2.24, 2.45) is 11.5 Å². The first-order chi connectivity index (χ1) is 9.54. The molecule has 1 aromatic rings. The molecular weight excluding hydrogens is 262 g/mol. The lowest BCUT2D eigenvalue weighted by Gasteiger charge is -2.15. The predicted molar refractivity (Wildman–Crippen MR) is 76.0 cm³/mol. The fourth-order valence-electron chi connectivity index (χ4n) is 2.00. The third-order valence-corrected chi connectivity index (χ3v) is 3.10. The Morgan fingerprint density at radius 2 is 1.85 bits per heavy atom. The highest BCUT2D eigenvalue weighted by Crippen LogP contribution is 2.37. The lowest BCUT2D eigenvalue weighted by atomic mass is 9.99. The highest BCUT2D eigenvalue weighted by atomic mass is 16.6. The molecule has 0 bridgehead atoms. The van der Waals surface area contributed by atoms with E-state index < -0.39 is 11.0 Å². The third-order valence-electron chi connectivity index (χ3n) is 3.10. The molecule has 4 N–H and O–H groups in total. The lowest BCUT2D eigenvalue weighted by Crippen LogP contribution is -2.13. The van der Waals surface area contributed by atoms with E-state index in [1.807, 2.05) is 0 Å². The summed E-state index contributed by atoms with van der Waals surface area (Å²) in [6, 6.07) is 2.49. The molecule has 0 aromatic heterocycles. The Morgan fingerprint density at radius 3 is 2.35 bits per heavy atom. The molecule has 112 valence electrons. The summed E-state index contributed by atoms with van der Waals surface area (Å²) in [6.07, 6.45) is 2.30. The molecule has 0 saturated carbocycles. The predicted octanol–water partition coefficient (Wildman–Crippen LogP) is 1.74. The molecule has 0 spiro atoms. The van der Waals surface area contributed by atoms with E-state index in [1.165, 1.54) is 20.3 Å². The van der Waals surface area contributed by atoms with Gasteiger partial charge in [-0.05, 0) is 25.5 Å². The van der Waals surface area contributed by atoms with Gasteiger partial charge in [0.05, 0.1) is 30.8 Å². The fraction of sp³-hybridized carbons (Fsp3) is 0.538. The molecular formula is C13H21N3O4. The number of methoxy groups -OCH3 is 2. The number of nitro groups is 1. The molecule has 1 rings (SSSR count). The van der Waals surface area contributed by atoms with Gasteiger partial charge in [-0.15, -0.1) is 0 Å². The maximum Gasteiger partial charge on any atom is 0.278 e. The van der Waals surface area contributed by atoms with Gasteiger partial charge in [0.2, 0.25) is 0 Å².